The molecule has 0 unspecified atom stereocenters. The Morgan fingerprint density at radius 2 is 2.08 bits per heavy atom. The Morgan fingerprint density at radius 3 is 2.83 bits per heavy atom. The van der Waals surface area contributed by atoms with E-state index in [1.165, 1.54) is 11.1 Å². The number of aromatic amines is 1. The summed E-state index contributed by atoms with van der Waals surface area (Å²) in [6.07, 6.45) is 1.92. The van der Waals surface area contributed by atoms with Crippen molar-refractivity contribution in [2.45, 2.75) is 13.8 Å². The second kappa shape index (κ2) is 2.27. The van der Waals surface area contributed by atoms with Gasteiger partial charge in [0.25, 0.3) is 0 Å². The number of rotatable bonds is 0. The van der Waals surface area contributed by atoms with Crippen molar-refractivity contribution in [3.05, 3.63) is 29.5 Å². The van der Waals surface area contributed by atoms with Crippen LogP contribution in [0.5, 0.6) is 0 Å². The first-order valence-corrected chi connectivity index (χ1v) is 4.03. The van der Waals surface area contributed by atoms with E-state index < -0.39 is 0 Å². The fourth-order valence-corrected chi connectivity index (χ4v) is 1.54. The van der Waals surface area contributed by atoms with Crippen molar-refractivity contribution >= 4 is 16.6 Å². The Labute approximate surface area is 71.4 Å². The lowest BCUT2D eigenvalue weighted by Gasteiger charge is -2.04. The van der Waals surface area contributed by atoms with E-state index >= 15 is 0 Å². The molecule has 12 heavy (non-hydrogen) atoms. The van der Waals surface area contributed by atoms with Crippen LogP contribution in [0.2, 0.25) is 0 Å². The summed E-state index contributed by atoms with van der Waals surface area (Å²) in [5.41, 5.74) is 10.4. The standard InChI is InChI=1S/C10H12N2/c1-6-5-9(11)8-3-4-12-10(8)7(6)2/h3-5,12H,11H2,1-2H3. The number of benzene rings is 1. The zero-order valence-electron chi connectivity index (χ0n) is 7.31. The summed E-state index contributed by atoms with van der Waals surface area (Å²) < 4.78 is 0. The monoisotopic (exact) mass is 160 g/mol. The lowest BCUT2D eigenvalue weighted by atomic mass is 10.1. The van der Waals surface area contributed by atoms with Crippen molar-refractivity contribution in [3.63, 3.8) is 0 Å². The average Bonchev–Trinajstić information content (AvgIpc) is 2.48. The van der Waals surface area contributed by atoms with Crippen LogP contribution < -0.4 is 5.73 Å². The molecule has 0 fully saturated rings. The number of anilines is 1. The maximum atomic E-state index is 5.85. The third-order valence-electron chi connectivity index (χ3n) is 2.40. The maximum Gasteiger partial charge on any atom is 0.0507 e. The molecule has 2 rings (SSSR count). The van der Waals surface area contributed by atoms with Gasteiger partial charge in [-0.1, -0.05) is 0 Å². The van der Waals surface area contributed by atoms with Crippen molar-refractivity contribution in [2.75, 3.05) is 5.73 Å². The number of nitrogens with one attached hydrogen (secondary N) is 1. The van der Waals surface area contributed by atoms with Crippen molar-refractivity contribution in [1.29, 1.82) is 0 Å². The summed E-state index contributed by atoms with van der Waals surface area (Å²) >= 11 is 0. The Bertz CT molecular complexity index is 427. The van der Waals surface area contributed by atoms with E-state index in [2.05, 4.69) is 18.8 Å². The van der Waals surface area contributed by atoms with E-state index in [0.717, 1.165) is 16.6 Å². The van der Waals surface area contributed by atoms with Crippen LogP contribution in [0, 0.1) is 13.8 Å². The molecule has 2 nitrogen and oxygen atoms in total. The molecule has 0 amide bonds. The summed E-state index contributed by atoms with van der Waals surface area (Å²) in [5, 5.41) is 1.12. The fourth-order valence-electron chi connectivity index (χ4n) is 1.54. The highest BCUT2D eigenvalue weighted by Crippen LogP contribution is 2.25. The third kappa shape index (κ3) is 0.811. The van der Waals surface area contributed by atoms with E-state index in [9.17, 15) is 0 Å². The van der Waals surface area contributed by atoms with Gasteiger partial charge in [-0.2, -0.15) is 0 Å². The zero-order valence-corrected chi connectivity index (χ0v) is 7.31. The van der Waals surface area contributed by atoms with Gasteiger partial charge < -0.3 is 10.7 Å². The van der Waals surface area contributed by atoms with Gasteiger partial charge >= 0.3 is 0 Å². The van der Waals surface area contributed by atoms with E-state index in [-0.39, 0.29) is 0 Å². The quantitative estimate of drug-likeness (QED) is 0.571. The summed E-state index contributed by atoms with van der Waals surface area (Å²) in [6.45, 7) is 4.18. The van der Waals surface area contributed by atoms with Crippen molar-refractivity contribution in [1.82, 2.24) is 4.98 Å². The molecule has 0 aliphatic rings. The van der Waals surface area contributed by atoms with Crippen LogP contribution in [0.4, 0.5) is 5.69 Å². The van der Waals surface area contributed by atoms with Crippen LogP contribution in [0.1, 0.15) is 11.1 Å². The van der Waals surface area contributed by atoms with Gasteiger partial charge in [-0.15, -0.1) is 0 Å². The molecule has 1 aromatic heterocycles. The molecule has 0 aliphatic carbocycles. The highest BCUT2D eigenvalue weighted by Gasteiger charge is 2.04. The molecule has 0 spiro atoms. The van der Waals surface area contributed by atoms with Gasteiger partial charge in [0.1, 0.15) is 0 Å². The highest BCUT2D eigenvalue weighted by molar-refractivity contribution is 5.93. The minimum Gasteiger partial charge on any atom is -0.398 e. The summed E-state index contributed by atoms with van der Waals surface area (Å²) in [7, 11) is 0. The summed E-state index contributed by atoms with van der Waals surface area (Å²) in [4.78, 5) is 3.19. The first kappa shape index (κ1) is 7.22. The molecule has 62 valence electrons. The summed E-state index contributed by atoms with van der Waals surface area (Å²) in [6, 6.07) is 4.03. The molecule has 3 N–H and O–H groups in total. The number of hydrogen-bond donors (Lipinski definition) is 2. The first-order valence-electron chi connectivity index (χ1n) is 4.03. The molecule has 0 saturated carbocycles. The van der Waals surface area contributed by atoms with Crippen molar-refractivity contribution in [3.8, 4) is 0 Å². The van der Waals surface area contributed by atoms with Crippen LogP contribution in [0.15, 0.2) is 18.3 Å². The molecule has 1 aromatic carbocycles. The van der Waals surface area contributed by atoms with Gasteiger partial charge in [0.15, 0.2) is 0 Å². The molecule has 0 radical (unpaired) electrons. The second-order valence-corrected chi connectivity index (χ2v) is 3.17. The predicted octanol–water partition coefficient (Wildman–Crippen LogP) is 2.37. The lowest BCUT2D eigenvalue weighted by molar-refractivity contribution is 1.34. The molecule has 1 heterocycles. The fraction of sp³-hybridized carbons (Fsp3) is 0.200. The van der Waals surface area contributed by atoms with Crippen LogP contribution in [0.3, 0.4) is 0 Å². The normalized spacial score (nSPS) is 10.8. The number of nitrogens with two attached hydrogens (primary N) is 1. The summed E-state index contributed by atoms with van der Waals surface area (Å²) in [5.74, 6) is 0. The molecule has 0 bridgehead atoms. The van der Waals surface area contributed by atoms with Crippen LogP contribution in [-0.4, -0.2) is 4.98 Å². The minimum atomic E-state index is 0.856. The smallest absolute Gasteiger partial charge is 0.0507 e. The molecular weight excluding hydrogens is 148 g/mol. The SMILES string of the molecule is Cc1cc(N)c2cc[nH]c2c1C. The van der Waals surface area contributed by atoms with Crippen molar-refractivity contribution in [2.24, 2.45) is 0 Å². The third-order valence-corrected chi connectivity index (χ3v) is 2.40. The Hall–Kier alpha value is -1.44. The zero-order chi connectivity index (χ0) is 8.72. The average molecular weight is 160 g/mol. The number of nitrogen functional groups attached to an aromatic ring is 1. The van der Waals surface area contributed by atoms with Crippen LogP contribution in [-0.2, 0) is 0 Å². The van der Waals surface area contributed by atoms with Gasteiger partial charge in [-0.05, 0) is 37.1 Å². The second-order valence-electron chi connectivity index (χ2n) is 3.17. The van der Waals surface area contributed by atoms with E-state index in [4.69, 9.17) is 5.73 Å². The number of aryl methyl sites for hydroxylation is 2. The van der Waals surface area contributed by atoms with E-state index in [0.29, 0.717) is 0 Å². The lowest BCUT2D eigenvalue weighted by Crippen LogP contribution is -1.90. The molecule has 0 saturated heterocycles. The minimum absolute atomic E-state index is 0.856. The number of hydrogen-bond acceptors (Lipinski definition) is 1. The highest BCUT2D eigenvalue weighted by atomic mass is 14.7. The molecule has 0 aliphatic heterocycles. The number of fused-ring (bicyclic) bond motifs is 1. The largest absolute Gasteiger partial charge is 0.398 e. The van der Waals surface area contributed by atoms with Gasteiger partial charge in [0, 0.05) is 17.3 Å². The number of H-pyrrole nitrogens is 1. The predicted molar refractivity (Wildman–Crippen MR) is 52.2 cm³/mol. The van der Waals surface area contributed by atoms with Gasteiger partial charge in [-0.25, -0.2) is 0 Å². The van der Waals surface area contributed by atoms with Crippen LogP contribution in [0.25, 0.3) is 10.9 Å². The van der Waals surface area contributed by atoms with E-state index in [1.807, 2.05) is 18.3 Å². The Morgan fingerprint density at radius 1 is 1.33 bits per heavy atom. The first-order chi connectivity index (χ1) is 5.70. The van der Waals surface area contributed by atoms with E-state index in [1.54, 1.807) is 0 Å². The van der Waals surface area contributed by atoms with Gasteiger partial charge in [0.2, 0.25) is 0 Å². The molecular formula is C10H12N2. The van der Waals surface area contributed by atoms with Gasteiger partial charge in [-0.3, -0.25) is 0 Å². The van der Waals surface area contributed by atoms with Crippen LogP contribution >= 0.6 is 0 Å². The Kier molecular flexibility index (Phi) is 1.37. The molecule has 2 heteroatoms. The Balaban J connectivity index is 2.97. The van der Waals surface area contributed by atoms with Crippen molar-refractivity contribution < 1.29 is 0 Å². The topological polar surface area (TPSA) is 41.8 Å². The molecule has 0 atom stereocenters. The van der Waals surface area contributed by atoms with Gasteiger partial charge in [0.05, 0.1) is 5.52 Å². The maximum absolute atomic E-state index is 5.85. The molecule has 2 aromatic rings. The number of aromatic nitrogens is 1.